The first-order chi connectivity index (χ1) is 10.7. The molecular formula is C17H26IN3OS. The summed E-state index contributed by atoms with van der Waals surface area (Å²) in [5.41, 5.74) is 1.30. The lowest BCUT2D eigenvalue weighted by atomic mass is 10.1. The Kier molecular flexibility index (Phi) is 6.88. The number of fused-ring (bicyclic) bond motifs is 1. The van der Waals surface area contributed by atoms with Crippen LogP contribution < -0.4 is 15.4 Å². The third kappa shape index (κ3) is 4.92. The van der Waals surface area contributed by atoms with E-state index in [4.69, 9.17) is 4.74 Å². The summed E-state index contributed by atoms with van der Waals surface area (Å²) in [5, 5.41) is 6.85. The minimum Gasteiger partial charge on any atom is -0.488 e. The minimum atomic E-state index is 0. The van der Waals surface area contributed by atoms with Crippen molar-refractivity contribution in [2.24, 2.45) is 4.99 Å². The van der Waals surface area contributed by atoms with Crippen molar-refractivity contribution < 1.29 is 4.74 Å². The zero-order valence-electron chi connectivity index (χ0n) is 13.8. The van der Waals surface area contributed by atoms with Crippen molar-refractivity contribution >= 4 is 41.7 Å². The predicted molar refractivity (Wildman–Crippen MR) is 109 cm³/mol. The average molecular weight is 447 g/mol. The number of benzene rings is 1. The lowest BCUT2D eigenvalue weighted by Gasteiger charge is -2.24. The van der Waals surface area contributed by atoms with E-state index in [1.54, 1.807) is 0 Å². The van der Waals surface area contributed by atoms with Crippen LogP contribution in [0.25, 0.3) is 0 Å². The Morgan fingerprint density at radius 3 is 2.91 bits per heavy atom. The van der Waals surface area contributed by atoms with Crippen LogP contribution in [0.2, 0.25) is 0 Å². The molecule has 1 saturated heterocycles. The zero-order chi connectivity index (χ0) is 15.4. The Bertz CT molecular complexity index is 521. The Labute approximate surface area is 160 Å². The second kappa shape index (κ2) is 8.46. The van der Waals surface area contributed by atoms with E-state index in [9.17, 15) is 0 Å². The molecule has 2 N–H and O–H groups in total. The van der Waals surface area contributed by atoms with Gasteiger partial charge in [-0.2, -0.15) is 11.8 Å². The molecule has 2 aliphatic heterocycles. The van der Waals surface area contributed by atoms with Crippen LogP contribution in [0.1, 0.15) is 25.3 Å². The molecule has 1 fully saturated rings. The summed E-state index contributed by atoms with van der Waals surface area (Å²) in [6.45, 7) is 4.07. The standard InChI is InChI=1S/C17H25N3OS.HI/c1-17(8-5-9-22-17)12-20-16(18-2)19-11-14-10-13-6-3-4-7-15(13)21-14;/h3-4,6-7,14H,5,8-12H2,1-2H3,(H2,18,19,20);1H. The normalized spacial score (nSPS) is 26.2. The second-order valence-electron chi connectivity index (χ2n) is 6.26. The second-order valence-corrected chi connectivity index (χ2v) is 7.94. The van der Waals surface area contributed by atoms with E-state index in [2.05, 4.69) is 46.4 Å². The van der Waals surface area contributed by atoms with E-state index in [1.807, 2.05) is 19.2 Å². The number of nitrogens with one attached hydrogen (secondary N) is 2. The van der Waals surface area contributed by atoms with Gasteiger partial charge in [0.25, 0.3) is 0 Å². The van der Waals surface area contributed by atoms with Gasteiger partial charge >= 0.3 is 0 Å². The third-order valence-electron chi connectivity index (χ3n) is 4.36. The Morgan fingerprint density at radius 2 is 2.22 bits per heavy atom. The number of guanidine groups is 1. The highest BCUT2D eigenvalue weighted by molar-refractivity contribution is 14.0. The molecule has 2 unspecified atom stereocenters. The van der Waals surface area contributed by atoms with Gasteiger partial charge in [0.15, 0.2) is 5.96 Å². The van der Waals surface area contributed by atoms with Gasteiger partial charge in [0.2, 0.25) is 0 Å². The van der Waals surface area contributed by atoms with Crippen LogP contribution in [0.15, 0.2) is 29.3 Å². The van der Waals surface area contributed by atoms with Crippen LogP contribution in [0.3, 0.4) is 0 Å². The smallest absolute Gasteiger partial charge is 0.191 e. The van der Waals surface area contributed by atoms with Gasteiger partial charge in [-0.1, -0.05) is 18.2 Å². The molecule has 1 aromatic rings. The van der Waals surface area contributed by atoms with E-state index in [-0.39, 0.29) is 30.1 Å². The molecule has 0 radical (unpaired) electrons. The van der Waals surface area contributed by atoms with E-state index in [1.165, 1.54) is 24.2 Å². The molecule has 0 spiro atoms. The van der Waals surface area contributed by atoms with Crippen LogP contribution in [-0.4, -0.2) is 42.7 Å². The average Bonchev–Trinajstić information content (AvgIpc) is 3.13. The number of halogens is 1. The molecule has 0 amide bonds. The molecule has 2 atom stereocenters. The van der Waals surface area contributed by atoms with Gasteiger partial charge in [-0.25, -0.2) is 0 Å². The van der Waals surface area contributed by atoms with Crippen LogP contribution in [0, 0.1) is 0 Å². The number of ether oxygens (including phenoxy) is 1. The van der Waals surface area contributed by atoms with Gasteiger partial charge in [-0.3, -0.25) is 4.99 Å². The minimum absolute atomic E-state index is 0. The fourth-order valence-electron chi connectivity index (χ4n) is 3.05. The van der Waals surface area contributed by atoms with E-state index in [0.29, 0.717) is 4.75 Å². The van der Waals surface area contributed by atoms with Crippen molar-refractivity contribution in [3.05, 3.63) is 29.8 Å². The molecule has 3 rings (SSSR count). The highest BCUT2D eigenvalue weighted by atomic mass is 127. The summed E-state index contributed by atoms with van der Waals surface area (Å²) in [7, 11) is 1.82. The molecule has 0 aromatic heterocycles. The number of rotatable bonds is 4. The number of thioether (sulfide) groups is 1. The molecule has 0 bridgehead atoms. The van der Waals surface area contributed by atoms with Crippen molar-refractivity contribution in [1.82, 2.24) is 10.6 Å². The van der Waals surface area contributed by atoms with E-state index < -0.39 is 0 Å². The number of aliphatic imine (C=N–C) groups is 1. The van der Waals surface area contributed by atoms with E-state index in [0.717, 1.165) is 31.2 Å². The maximum Gasteiger partial charge on any atom is 0.191 e. The Hall–Kier alpha value is -0.630. The van der Waals surface area contributed by atoms with Crippen LogP contribution in [0.4, 0.5) is 0 Å². The summed E-state index contributed by atoms with van der Waals surface area (Å²) in [6, 6.07) is 8.27. The quantitative estimate of drug-likeness (QED) is 0.423. The van der Waals surface area contributed by atoms with E-state index >= 15 is 0 Å². The molecular weight excluding hydrogens is 421 g/mol. The summed E-state index contributed by atoms with van der Waals surface area (Å²) in [6.07, 6.45) is 3.76. The maximum absolute atomic E-state index is 5.95. The van der Waals surface area contributed by atoms with Gasteiger partial charge in [-0.15, -0.1) is 24.0 Å². The molecule has 23 heavy (non-hydrogen) atoms. The molecule has 128 valence electrons. The van der Waals surface area contributed by atoms with Crippen molar-refractivity contribution in [3.8, 4) is 5.75 Å². The Balaban J connectivity index is 0.00000192. The van der Waals surface area contributed by atoms with Crippen molar-refractivity contribution in [2.45, 2.75) is 37.0 Å². The predicted octanol–water partition coefficient (Wildman–Crippen LogP) is 3.06. The molecule has 2 heterocycles. The topological polar surface area (TPSA) is 45.7 Å². The summed E-state index contributed by atoms with van der Waals surface area (Å²) in [4.78, 5) is 4.32. The molecule has 4 nitrogen and oxygen atoms in total. The molecule has 6 heteroatoms. The first-order valence-corrected chi connectivity index (χ1v) is 9.00. The van der Waals surface area contributed by atoms with Crippen molar-refractivity contribution in [1.29, 1.82) is 0 Å². The third-order valence-corrected chi connectivity index (χ3v) is 5.90. The maximum atomic E-state index is 5.95. The highest BCUT2D eigenvalue weighted by Crippen LogP contribution is 2.36. The fourth-order valence-corrected chi connectivity index (χ4v) is 4.29. The van der Waals surface area contributed by atoms with Crippen LogP contribution in [0.5, 0.6) is 5.75 Å². The molecule has 1 aromatic carbocycles. The largest absolute Gasteiger partial charge is 0.488 e. The molecule has 0 saturated carbocycles. The zero-order valence-corrected chi connectivity index (χ0v) is 16.9. The van der Waals surface area contributed by atoms with Gasteiger partial charge in [-0.05, 0) is 37.1 Å². The lowest BCUT2D eigenvalue weighted by molar-refractivity contribution is 0.235. The highest BCUT2D eigenvalue weighted by Gasteiger charge is 2.29. The van der Waals surface area contributed by atoms with Crippen LogP contribution >= 0.6 is 35.7 Å². The SMILES string of the molecule is CN=C(NCC1Cc2ccccc2O1)NCC1(C)CCCS1.I. The fraction of sp³-hybridized carbons (Fsp3) is 0.588. The van der Waals surface area contributed by atoms with Gasteiger partial charge in [0.05, 0.1) is 6.54 Å². The van der Waals surface area contributed by atoms with Gasteiger partial charge in [0.1, 0.15) is 11.9 Å². The summed E-state index contributed by atoms with van der Waals surface area (Å²) in [5.74, 6) is 3.17. The molecule has 0 aliphatic carbocycles. The number of para-hydroxylation sites is 1. The first kappa shape index (κ1) is 18.7. The lowest BCUT2D eigenvalue weighted by Crippen LogP contribution is -2.46. The van der Waals surface area contributed by atoms with Crippen LogP contribution in [-0.2, 0) is 6.42 Å². The first-order valence-electron chi connectivity index (χ1n) is 8.02. The monoisotopic (exact) mass is 447 g/mol. The van der Waals surface area contributed by atoms with Crippen molar-refractivity contribution in [2.75, 3.05) is 25.9 Å². The summed E-state index contributed by atoms with van der Waals surface area (Å²) < 4.78 is 6.30. The number of nitrogens with zero attached hydrogens (tertiary/aromatic N) is 1. The molecule has 2 aliphatic rings. The summed E-state index contributed by atoms with van der Waals surface area (Å²) >= 11 is 2.06. The van der Waals surface area contributed by atoms with Gasteiger partial charge in [0, 0.05) is 24.8 Å². The van der Waals surface area contributed by atoms with Gasteiger partial charge < -0.3 is 15.4 Å². The van der Waals surface area contributed by atoms with Crippen molar-refractivity contribution in [3.63, 3.8) is 0 Å². The Morgan fingerprint density at radius 1 is 1.39 bits per heavy atom. The number of hydrogen-bond acceptors (Lipinski definition) is 3. The number of hydrogen-bond donors (Lipinski definition) is 2.